The van der Waals surface area contributed by atoms with Gasteiger partial charge in [0, 0.05) is 6.54 Å². The van der Waals surface area contributed by atoms with E-state index in [-0.39, 0.29) is 6.04 Å². The summed E-state index contributed by atoms with van der Waals surface area (Å²) in [7, 11) is 2.01. The molecule has 2 nitrogen and oxygen atoms in total. The van der Waals surface area contributed by atoms with Gasteiger partial charge in [0.2, 0.25) is 0 Å². The molecule has 0 aromatic heterocycles. The van der Waals surface area contributed by atoms with E-state index in [2.05, 4.69) is 49.9 Å². The van der Waals surface area contributed by atoms with Crippen LogP contribution in [0.2, 0.25) is 0 Å². The van der Waals surface area contributed by atoms with Crippen LogP contribution in [0.15, 0.2) is 18.2 Å². The molecule has 1 atom stereocenters. The molecule has 1 unspecified atom stereocenters. The minimum Gasteiger partial charge on any atom is -0.291 e. The maximum atomic E-state index is 8.88. The van der Waals surface area contributed by atoms with Gasteiger partial charge in [0.15, 0.2) is 0 Å². The maximum absolute atomic E-state index is 8.88. The minimum absolute atomic E-state index is 0.0152. The molecule has 1 aromatic carbocycles. The molecule has 0 aliphatic rings. The quantitative estimate of drug-likeness (QED) is 0.792. The molecular formula is C16H24N2. The van der Waals surface area contributed by atoms with Crippen LogP contribution in [-0.4, -0.2) is 24.5 Å². The highest BCUT2D eigenvalue weighted by Gasteiger charge is 2.09. The van der Waals surface area contributed by atoms with E-state index in [4.69, 9.17) is 5.26 Å². The average Bonchev–Trinajstić information content (AvgIpc) is 2.36. The van der Waals surface area contributed by atoms with E-state index in [9.17, 15) is 0 Å². The number of aryl methyl sites for hydroxylation is 1. The van der Waals surface area contributed by atoms with Crippen molar-refractivity contribution >= 4 is 0 Å². The van der Waals surface area contributed by atoms with Gasteiger partial charge in [0.05, 0.1) is 12.1 Å². The zero-order valence-corrected chi connectivity index (χ0v) is 12.2. The van der Waals surface area contributed by atoms with Crippen molar-refractivity contribution in [3.05, 3.63) is 34.9 Å². The molecule has 0 aliphatic carbocycles. The van der Waals surface area contributed by atoms with Crippen molar-refractivity contribution in [3.8, 4) is 6.07 Å². The van der Waals surface area contributed by atoms with Gasteiger partial charge in [-0.05, 0) is 49.9 Å². The lowest BCUT2D eigenvalue weighted by Gasteiger charge is -2.20. The molecule has 0 fully saturated rings. The van der Waals surface area contributed by atoms with E-state index in [0.717, 1.165) is 13.0 Å². The summed E-state index contributed by atoms with van der Waals surface area (Å²) < 4.78 is 0. The number of benzene rings is 1. The van der Waals surface area contributed by atoms with Crippen molar-refractivity contribution in [2.45, 2.75) is 46.1 Å². The normalized spacial score (nSPS) is 12.8. The molecule has 18 heavy (non-hydrogen) atoms. The first-order valence-electron chi connectivity index (χ1n) is 6.65. The van der Waals surface area contributed by atoms with E-state index in [1.807, 2.05) is 14.0 Å². The van der Waals surface area contributed by atoms with E-state index < -0.39 is 0 Å². The topological polar surface area (TPSA) is 27.0 Å². The molecule has 0 heterocycles. The zero-order valence-electron chi connectivity index (χ0n) is 12.2. The van der Waals surface area contributed by atoms with Crippen molar-refractivity contribution in [3.63, 3.8) is 0 Å². The van der Waals surface area contributed by atoms with Crippen LogP contribution in [0.4, 0.5) is 0 Å². The van der Waals surface area contributed by atoms with Crippen LogP contribution in [0.5, 0.6) is 0 Å². The lowest BCUT2D eigenvalue weighted by atomic mass is 9.96. The second kappa shape index (κ2) is 6.56. The summed E-state index contributed by atoms with van der Waals surface area (Å²) in [5.74, 6) is 0.570. The van der Waals surface area contributed by atoms with Crippen LogP contribution < -0.4 is 0 Å². The number of hydrogen-bond acceptors (Lipinski definition) is 2. The number of rotatable bonds is 5. The first-order chi connectivity index (χ1) is 8.45. The third kappa shape index (κ3) is 3.85. The SMILES string of the molecule is Cc1ccc(C(C)C)cc1CCN(C)C(C)C#N. The summed E-state index contributed by atoms with van der Waals surface area (Å²) in [6, 6.07) is 8.99. The molecule has 0 amide bonds. The largest absolute Gasteiger partial charge is 0.291 e. The van der Waals surface area contributed by atoms with Crippen LogP contribution in [0, 0.1) is 18.3 Å². The molecule has 98 valence electrons. The van der Waals surface area contributed by atoms with Crippen LogP contribution in [0.1, 0.15) is 43.4 Å². The van der Waals surface area contributed by atoms with E-state index in [0.29, 0.717) is 5.92 Å². The van der Waals surface area contributed by atoms with E-state index in [1.165, 1.54) is 16.7 Å². The third-order valence-corrected chi connectivity index (χ3v) is 3.62. The summed E-state index contributed by atoms with van der Waals surface area (Å²) in [5.41, 5.74) is 4.14. The third-order valence-electron chi connectivity index (χ3n) is 3.62. The Morgan fingerprint density at radius 3 is 2.50 bits per heavy atom. The Hall–Kier alpha value is -1.33. The number of likely N-dealkylation sites (N-methyl/N-ethyl adjacent to an activating group) is 1. The Balaban J connectivity index is 2.73. The molecule has 0 spiro atoms. The molecule has 0 saturated carbocycles. The molecule has 1 rings (SSSR count). The van der Waals surface area contributed by atoms with Gasteiger partial charge < -0.3 is 0 Å². The maximum Gasteiger partial charge on any atom is 0.0946 e. The molecule has 0 aliphatic heterocycles. The van der Waals surface area contributed by atoms with Crippen LogP contribution in [-0.2, 0) is 6.42 Å². The predicted octanol–water partition coefficient (Wildman–Crippen LogP) is 3.50. The fraction of sp³-hybridized carbons (Fsp3) is 0.562. The first-order valence-corrected chi connectivity index (χ1v) is 6.65. The number of nitrogens with zero attached hydrogens (tertiary/aromatic N) is 2. The smallest absolute Gasteiger partial charge is 0.0946 e. The Morgan fingerprint density at radius 2 is 1.94 bits per heavy atom. The monoisotopic (exact) mass is 244 g/mol. The number of nitriles is 1. The molecule has 0 radical (unpaired) electrons. The van der Waals surface area contributed by atoms with Gasteiger partial charge in [-0.1, -0.05) is 32.0 Å². The van der Waals surface area contributed by atoms with Crippen molar-refractivity contribution in [2.75, 3.05) is 13.6 Å². The fourth-order valence-corrected chi connectivity index (χ4v) is 1.91. The Labute approximate surface area is 111 Å². The van der Waals surface area contributed by atoms with Crippen LogP contribution in [0.25, 0.3) is 0 Å². The standard InChI is InChI=1S/C16H24N2/c1-12(2)15-7-6-13(3)16(10-15)8-9-18(5)14(4)11-17/h6-7,10,12,14H,8-9H2,1-5H3. The fourth-order valence-electron chi connectivity index (χ4n) is 1.91. The van der Waals surface area contributed by atoms with Crippen LogP contribution in [0.3, 0.4) is 0 Å². The summed E-state index contributed by atoms with van der Waals surface area (Å²) >= 11 is 0. The zero-order chi connectivity index (χ0) is 13.7. The highest BCUT2D eigenvalue weighted by molar-refractivity contribution is 5.32. The molecule has 0 N–H and O–H groups in total. The lowest BCUT2D eigenvalue weighted by molar-refractivity contribution is 0.306. The second-order valence-corrected chi connectivity index (χ2v) is 5.38. The highest BCUT2D eigenvalue weighted by Crippen LogP contribution is 2.19. The molecule has 1 aromatic rings. The summed E-state index contributed by atoms with van der Waals surface area (Å²) in [5, 5.41) is 8.88. The molecule has 0 bridgehead atoms. The van der Waals surface area contributed by atoms with Gasteiger partial charge in [0.1, 0.15) is 0 Å². The molecule has 0 saturated heterocycles. The predicted molar refractivity (Wildman–Crippen MR) is 76.7 cm³/mol. The van der Waals surface area contributed by atoms with Crippen molar-refractivity contribution < 1.29 is 0 Å². The van der Waals surface area contributed by atoms with Crippen molar-refractivity contribution in [2.24, 2.45) is 0 Å². The van der Waals surface area contributed by atoms with Gasteiger partial charge >= 0.3 is 0 Å². The van der Waals surface area contributed by atoms with Gasteiger partial charge in [-0.3, -0.25) is 4.90 Å². The number of hydrogen-bond donors (Lipinski definition) is 0. The van der Waals surface area contributed by atoms with Crippen molar-refractivity contribution in [1.29, 1.82) is 5.26 Å². The summed E-state index contributed by atoms with van der Waals surface area (Å²) in [6.07, 6.45) is 1.01. The van der Waals surface area contributed by atoms with Gasteiger partial charge in [0.25, 0.3) is 0 Å². The van der Waals surface area contributed by atoms with E-state index >= 15 is 0 Å². The lowest BCUT2D eigenvalue weighted by Crippen LogP contribution is -2.29. The Kier molecular flexibility index (Phi) is 5.37. The van der Waals surface area contributed by atoms with Gasteiger partial charge in [-0.25, -0.2) is 0 Å². The summed E-state index contributed by atoms with van der Waals surface area (Å²) in [6.45, 7) is 9.47. The highest BCUT2D eigenvalue weighted by atomic mass is 15.1. The molecular weight excluding hydrogens is 220 g/mol. The van der Waals surface area contributed by atoms with E-state index in [1.54, 1.807) is 0 Å². The average molecular weight is 244 g/mol. The van der Waals surface area contributed by atoms with Gasteiger partial charge in [-0.2, -0.15) is 5.26 Å². The van der Waals surface area contributed by atoms with Gasteiger partial charge in [-0.15, -0.1) is 0 Å². The molecule has 2 heteroatoms. The summed E-state index contributed by atoms with van der Waals surface area (Å²) in [4.78, 5) is 2.10. The van der Waals surface area contributed by atoms with Crippen molar-refractivity contribution in [1.82, 2.24) is 4.90 Å². The minimum atomic E-state index is -0.0152. The van der Waals surface area contributed by atoms with Crippen LogP contribution >= 0.6 is 0 Å². The first kappa shape index (κ1) is 14.7. The second-order valence-electron chi connectivity index (χ2n) is 5.38. The Bertz CT molecular complexity index is 429. The Morgan fingerprint density at radius 1 is 1.28 bits per heavy atom.